The molecule has 2 aliphatic heterocycles. The number of nitrogens with one attached hydrogen (secondary N) is 1. The summed E-state index contributed by atoms with van der Waals surface area (Å²) >= 11 is 12.8. The first-order valence-electron chi connectivity index (χ1n) is 12.2. The zero-order valence-corrected chi connectivity index (χ0v) is 22.1. The SMILES string of the molecule is CCOCCOC(=O)C1=C(C)NC2=C(C(=O)C[C@@H](c3ccc(Cl)cc3)C2)[C@H]1c1cc2c(cc1Cl)OCO2. The number of dihydropyridines is 1. The molecular weight excluding hydrogens is 517 g/mol. The van der Waals surface area contributed by atoms with E-state index in [-0.39, 0.29) is 31.7 Å². The van der Waals surface area contributed by atoms with E-state index in [1.807, 2.05) is 38.1 Å². The summed E-state index contributed by atoms with van der Waals surface area (Å²) in [4.78, 5) is 27.1. The highest BCUT2D eigenvalue weighted by Crippen LogP contribution is 2.49. The van der Waals surface area contributed by atoms with Gasteiger partial charge in [0.2, 0.25) is 6.79 Å². The van der Waals surface area contributed by atoms with Crippen molar-refractivity contribution in [2.75, 3.05) is 26.6 Å². The van der Waals surface area contributed by atoms with Gasteiger partial charge < -0.3 is 24.3 Å². The second-order valence-electron chi connectivity index (χ2n) is 9.13. The number of Topliss-reactive ketones (excluding diaryl/α,β-unsaturated/α-hetero) is 1. The number of hydrogen-bond acceptors (Lipinski definition) is 7. The third-order valence-electron chi connectivity index (χ3n) is 6.86. The molecule has 0 amide bonds. The van der Waals surface area contributed by atoms with Gasteiger partial charge in [-0.15, -0.1) is 0 Å². The van der Waals surface area contributed by atoms with Crippen LogP contribution in [0.1, 0.15) is 49.7 Å². The minimum absolute atomic E-state index is 0.0172. The van der Waals surface area contributed by atoms with Crippen molar-refractivity contribution >= 4 is 35.0 Å². The van der Waals surface area contributed by atoms with Crippen LogP contribution in [0.3, 0.4) is 0 Å². The molecule has 5 rings (SSSR count). The van der Waals surface area contributed by atoms with Crippen LogP contribution in [-0.4, -0.2) is 38.4 Å². The van der Waals surface area contributed by atoms with Gasteiger partial charge in [-0.25, -0.2) is 4.79 Å². The molecule has 0 fully saturated rings. The Morgan fingerprint density at radius 2 is 1.81 bits per heavy atom. The summed E-state index contributed by atoms with van der Waals surface area (Å²) in [5, 5.41) is 4.37. The molecule has 7 nitrogen and oxygen atoms in total. The normalized spacial score (nSPS) is 20.6. The van der Waals surface area contributed by atoms with Crippen LogP contribution in [0.5, 0.6) is 11.5 Å². The van der Waals surface area contributed by atoms with E-state index in [0.717, 1.165) is 11.3 Å². The highest BCUT2D eigenvalue weighted by Gasteiger charge is 2.42. The van der Waals surface area contributed by atoms with Gasteiger partial charge in [-0.2, -0.15) is 0 Å². The zero-order valence-electron chi connectivity index (χ0n) is 20.6. The summed E-state index contributed by atoms with van der Waals surface area (Å²) in [5.41, 5.74) is 3.88. The first-order chi connectivity index (χ1) is 17.9. The number of ether oxygens (including phenoxy) is 4. The Labute approximate surface area is 225 Å². The topological polar surface area (TPSA) is 83.1 Å². The van der Waals surface area contributed by atoms with Gasteiger partial charge in [0.25, 0.3) is 0 Å². The van der Waals surface area contributed by atoms with Crippen molar-refractivity contribution in [3.05, 3.63) is 80.1 Å². The molecule has 2 atom stereocenters. The lowest BCUT2D eigenvalue weighted by Gasteiger charge is -2.37. The lowest BCUT2D eigenvalue weighted by molar-refractivity contribution is -0.140. The molecule has 3 aliphatic rings. The van der Waals surface area contributed by atoms with Gasteiger partial charge >= 0.3 is 5.97 Å². The van der Waals surface area contributed by atoms with E-state index in [4.69, 9.17) is 42.1 Å². The number of rotatable bonds is 7. The van der Waals surface area contributed by atoms with E-state index < -0.39 is 11.9 Å². The molecule has 1 N–H and O–H groups in total. The average Bonchev–Trinajstić information content (AvgIpc) is 3.32. The molecule has 0 saturated carbocycles. The van der Waals surface area contributed by atoms with Crippen LogP contribution in [0.15, 0.2) is 58.9 Å². The fraction of sp³-hybridized carbons (Fsp3) is 0.357. The Hall–Kier alpha value is -3.00. The lowest BCUT2D eigenvalue weighted by Crippen LogP contribution is -2.36. The maximum Gasteiger partial charge on any atom is 0.336 e. The highest BCUT2D eigenvalue weighted by molar-refractivity contribution is 6.32. The first-order valence-corrected chi connectivity index (χ1v) is 13.0. The van der Waals surface area contributed by atoms with Gasteiger partial charge in [0.1, 0.15) is 6.61 Å². The second kappa shape index (κ2) is 10.8. The number of allylic oxidation sites excluding steroid dienone is 3. The smallest absolute Gasteiger partial charge is 0.336 e. The standard InChI is InChI=1S/C28H27Cl2NO6/c1-3-34-8-9-35-28(33)25-15(2)31-21-10-17(16-4-6-18(29)7-5-16)11-22(32)27(21)26(25)19-12-23-24(13-20(19)30)37-14-36-23/h4-7,12-13,17,26,31H,3,8-11,14H2,1-2H3/t17-,26-/m0/s1. The molecule has 9 heteroatoms. The van der Waals surface area contributed by atoms with Crippen molar-refractivity contribution in [2.24, 2.45) is 0 Å². The lowest BCUT2D eigenvalue weighted by atomic mass is 9.71. The molecule has 0 unspecified atom stereocenters. The average molecular weight is 544 g/mol. The van der Waals surface area contributed by atoms with Crippen molar-refractivity contribution in [1.82, 2.24) is 5.32 Å². The number of fused-ring (bicyclic) bond motifs is 1. The van der Waals surface area contributed by atoms with Crippen LogP contribution in [0.4, 0.5) is 0 Å². The molecule has 2 aromatic rings. The van der Waals surface area contributed by atoms with Crippen molar-refractivity contribution in [2.45, 2.75) is 38.5 Å². The molecular formula is C28H27Cl2NO6. The Bertz CT molecular complexity index is 1300. The van der Waals surface area contributed by atoms with Crippen molar-refractivity contribution in [1.29, 1.82) is 0 Å². The minimum atomic E-state index is -0.712. The van der Waals surface area contributed by atoms with E-state index in [2.05, 4.69) is 5.32 Å². The summed E-state index contributed by atoms with van der Waals surface area (Å²) in [6, 6.07) is 11.0. The maximum absolute atomic E-state index is 13.8. The summed E-state index contributed by atoms with van der Waals surface area (Å²) < 4.78 is 21.9. The second-order valence-corrected chi connectivity index (χ2v) is 9.97. The molecule has 2 aromatic carbocycles. The molecule has 194 valence electrons. The van der Waals surface area contributed by atoms with Gasteiger partial charge in [-0.1, -0.05) is 35.3 Å². The Morgan fingerprint density at radius 1 is 1.08 bits per heavy atom. The van der Waals surface area contributed by atoms with Crippen LogP contribution in [0, 0.1) is 0 Å². The molecule has 2 heterocycles. The van der Waals surface area contributed by atoms with E-state index in [1.54, 1.807) is 12.1 Å². The third kappa shape index (κ3) is 5.08. The predicted octanol–water partition coefficient (Wildman–Crippen LogP) is 5.66. The maximum atomic E-state index is 13.8. The van der Waals surface area contributed by atoms with E-state index >= 15 is 0 Å². The van der Waals surface area contributed by atoms with E-state index in [9.17, 15) is 9.59 Å². The quantitative estimate of drug-likeness (QED) is 0.356. The summed E-state index contributed by atoms with van der Waals surface area (Å²) in [6.07, 6.45) is 0.901. The van der Waals surface area contributed by atoms with Crippen LogP contribution in [-0.2, 0) is 19.1 Å². The molecule has 37 heavy (non-hydrogen) atoms. The Balaban J connectivity index is 1.56. The minimum Gasteiger partial charge on any atom is -0.460 e. The number of carbonyl (C=O) groups excluding carboxylic acids is 2. The molecule has 0 saturated heterocycles. The summed E-state index contributed by atoms with van der Waals surface area (Å²) in [5.74, 6) is -0.268. The van der Waals surface area contributed by atoms with Crippen LogP contribution in [0.2, 0.25) is 10.0 Å². The molecule has 0 radical (unpaired) electrons. The van der Waals surface area contributed by atoms with E-state index in [0.29, 0.717) is 63.4 Å². The number of hydrogen-bond donors (Lipinski definition) is 1. The number of halogens is 2. The largest absolute Gasteiger partial charge is 0.460 e. The fourth-order valence-corrected chi connectivity index (χ4v) is 5.55. The van der Waals surface area contributed by atoms with Gasteiger partial charge in [0.15, 0.2) is 17.3 Å². The first kappa shape index (κ1) is 25.6. The Morgan fingerprint density at radius 3 is 2.54 bits per heavy atom. The van der Waals surface area contributed by atoms with E-state index in [1.165, 1.54) is 0 Å². The molecule has 1 aliphatic carbocycles. The number of esters is 1. The fourth-order valence-electron chi connectivity index (χ4n) is 5.16. The Kier molecular flexibility index (Phi) is 7.47. The monoisotopic (exact) mass is 543 g/mol. The summed E-state index contributed by atoms with van der Waals surface area (Å²) in [6.45, 7) is 4.68. The van der Waals surface area contributed by atoms with Crippen LogP contribution in [0.25, 0.3) is 0 Å². The molecule has 0 aromatic heterocycles. The van der Waals surface area contributed by atoms with Crippen molar-refractivity contribution in [3.8, 4) is 11.5 Å². The number of carbonyl (C=O) groups is 2. The highest BCUT2D eigenvalue weighted by atomic mass is 35.5. The van der Waals surface area contributed by atoms with Crippen LogP contribution < -0.4 is 14.8 Å². The predicted molar refractivity (Wildman–Crippen MR) is 139 cm³/mol. The molecule has 0 spiro atoms. The zero-order chi connectivity index (χ0) is 26.1. The molecule has 0 bridgehead atoms. The van der Waals surface area contributed by atoms with Gasteiger partial charge in [-0.3, -0.25) is 4.79 Å². The van der Waals surface area contributed by atoms with Gasteiger partial charge in [0, 0.05) is 52.0 Å². The van der Waals surface area contributed by atoms with Gasteiger partial charge in [-0.05, 0) is 55.5 Å². The number of ketones is 1. The summed E-state index contributed by atoms with van der Waals surface area (Å²) in [7, 11) is 0. The van der Waals surface area contributed by atoms with Crippen LogP contribution >= 0.6 is 23.2 Å². The third-order valence-corrected chi connectivity index (χ3v) is 7.44. The number of benzene rings is 2. The van der Waals surface area contributed by atoms with Crippen molar-refractivity contribution < 1.29 is 28.5 Å². The van der Waals surface area contributed by atoms with Crippen molar-refractivity contribution in [3.63, 3.8) is 0 Å². The van der Waals surface area contributed by atoms with Gasteiger partial charge in [0.05, 0.1) is 12.2 Å².